The number of thiazole rings is 1. The normalized spacial score (nSPS) is 10.4. The lowest BCUT2D eigenvalue weighted by Crippen LogP contribution is -1.90. The molecule has 0 saturated heterocycles. The zero-order valence-corrected chi connectivity index (χ0v) is 11.7. The molecule has 82 valence electrons. The highest BCUT2D eigenvalue weighted by Crippen LogP contribution is 2.31. The van der Waals surface area contributed by atoms with Crippen molar-refractivity contribution in [2.24, 2.45) is 0 Å². The van der Waals surface area contributed by atoms with E-state index in [4.69, 9.17) is 0 Å². The minimum Gasteiger partial charge on any atom is -0.258 e. The van der Waals surface area contributed by atoms with Crippen molar-refractivity contribution in [2.75, 3.05) is 0 Å². The number of nitro groups is 1. The first kappa shape index (κ1) is 11.7. The summed E-state index contributed by atoms with van der Waals surface area (Å²) >= 11 is 7.84. The third-order valence-electron chi connectivity index (χ3n) is 1.91. The number of halogens is 2. The summed E-state index contributed by atoms with van der Waals surface area (Å²) in [5.74, 6) is 0. The Morgan fingerprint density at radius 1 is 1.38 bits per heavy atom. The van der Waals surface area contributed by atoms with Crippen LogP contribution >= 0.6 is 43.2 Å². The summed E-state index contributed by atoms with van der Waals surface area (Å²) in [6, 6.07) is 4.95. The van der Waals surface area contributed by atoms with Gasteiger partial charge in [-0.3, -0.25) is 10.1 Å². The van der Waals surface area contributed by atoms with Gasteiger partial charge in [-0.1, -0.05) is 6.07 Å². The molecule has 0 spiro atoms. The van der Waals surface area contributed by atoms with Gasteiger partial charge in [0.05, 0.1) is 15.1 Å². The number of hydrogen-bond acceptors (Lipinski definition) is 4. The summed E-state index contributed by atoms with van der Waals surface area (Å²) in [4.78, 5) is 14.5. The Balaban J connectivity index is 2.51. The summed E-state index contributed by atoms with van der Waals surface area (Å²) in [6.45, 7) is 0. The van der Waals surface area contributed by atoms with Gasteiger partial charge in [-0.15, -0.1) is 11.3 Å². The van der Waals surface area contributed by atoms with Crippen molar-refractivity contribution in [1.82, 2.24) is 4.98 Å². The molecule has 0 saturated carbocycles. The van der Waals surface area contributed by atoms with Gasteiger partial charge in [-0.2, -0.15) is 0 Å². The molecule has 7 heteroatoms. The van der Waals surface area contributed by atoms with Gasteiger partial charge in [0.2, 0.25) is 0 Å². The smallest absolute Gasteiger partial charge is 0.258 e. The predicted molar refractivity (Wildman–Crippen MR) is 69.6 cm³/mol. The van der Waals surface area contributed by atoms with E-state index in [-0.39, 0.29) is 5.69 Å². The van der Waals surface area contributed by atoms with E-state index < -0.39 is 4.92 Å². The summed E-state index contributed by atoms with van der Waals surface area (Å²) in [5.41, 5.74) is 1.51. The van der Waals surface area contributed by atoms with Crippen LogP contribution in [0.2, 0.25) is 0 Å². The predicted octanol–water partition coefficient (Wildman–Crippen LogP) is 4.24. The fraction of sp³-hybridized carbons (Fsp3) is 0. The zero-order valence-electron chi connectivity index (χ0n) is 7.68. The Kier molecular flexibility index (Phi) is 3.36. The highest BCUT2D eigenvalue weighted by atomic mass is 79.9. The fourth-order valence-electron chi connectivity index (χ4n) is 1.20. The quantitative estimate of drug-likeness (QED) is 0.592. The molecule has 0 amide bonds. The van der Waals surface area contributed by atoms with E-state index in [1.165, 1.54) is 17.4 Å². The number of hydrogen-bond donors (Lipinski definition) is 0. The molecule has 0 bridgehead atoms. The summed E-state index contributed by atoms with van der Waals surface area (Å²) < 4.78 is 1.23. The van der Waals surface area contributed by atoms with Gasteiger partial charge in [0.1, 0.15) is 0 Å². The van der Waals surface area contributed by atoms with Crippen LogP contribution in [-0.4, -0.2) is 9.91 Å². The van der Waals surface area contributed by atoms with Crippen LogP contribution in [0.4, 0.5) is 5.69 Å². The van der Waals surface area contributed by atoms with Crippen molar-refractivity contribution < 1.29 is 4.92 Å². The third-order valence-corrected chi connectivity index (χ3v) is 3.95. The van der Waals surface area contributed by atoms with Crippen LogP contribution in [0.1, 0.15) is 0 Å². The Morgan fingerprint density at radius 3 is 2.69 bits per heavy atom. The van der Waals surface area contributed by atoms with Crippen molar-refractivity contribution in [3.8, 4) is 11.3 Å². The van der Waals surface area contributed by atoms with E-state index in [9.17, 15) is 10.1 Å². The molecular weight excluding hydrogens is 360 g/mol. The Labute approximate surface area is 112 Å². The van der Waals surface area contributed by atoms with Crippen LogP contribution in [0.3, 0.4) is 0 Å². The summed E-state index contributed by atoms with van der Waals surface area (Å²) in [7, 11) is 0. The van der Waals surface area contributed by atoms with E-state index in [0.717, 1.165) is 15.2 Å². The van der Waals surface area contributed by atoms with E-state index in [0.29, 0.717) is 4.47 Å². The molecule has 4 nitrogen and oxygen atoms in total. The second kappa shape index (κ2) is 4.60. The molecule has 2 rings (SSSR count). The SMILES string of the molecule is O=[N+]([O-])c1cc(-c2csc(Br)n2)ccc1Br. The molecule has 0 aliphatic heterocycles. The summed E-state index contributed by atoms with van der Waals surface area (Å²) in [5, 5.41) is 12.6. The molecular formula is C9H4Br2N2O2S. The van der Waals surface area contributed by atoms with Gasteiger partial charge in [-0.05, 0) is 37.9 Å². The maximum Gasteiger partial charge on any atom is 0.284 e. The maximum atomic E-state index is 10.8. The molecule has 0 aliphatic carbocycles. The number of aromatic nitrogens is 1. The highest BCUT2D eigenvalue weighted by molar-refractivity contribution is 9.11. The zero-order chi connectivity index (χ0) is 11.7. The molecule has 0 unspecified atom stereocenters. The molecule has 0 fully saturated rings. The lowest BCUT2D eigenvalue weighted by molar-refractivity contribution is -0.385. The first-order valence-corrected chi connectivity index (χ1v) is 6.60. The van der Waals surface area contributed by atoms with E-state index in [1.54, 1.807) is 12.1 Å². The van der Waals surface area contributed by atoms with E-state index in [1.807, 2.05) is 5.38 Å². The molecule has 0 atom stereocenters. The molecule has 1 heterocycles. The average Bonchev–Trinajstić information content (AvgIpc) is 2.65. The van der Waals surface area contributed by atoms with Crippen LogP contribution in [-0.2, 0) is 0 Å². The van der Waals surface area contributed by atoms with Gasteiger partial charge in [0.25, 0.3) is 5.69 Å². The van der Waals surface area contributed by atoms with Crippen LogP contribution in [0.15, 0.2) is 32.0 Å². The highest BCUT2D eigenvalue weighted by Gasteiger charge is 2.14. The first-order valence-electron chi connectivity index (χ1n) is 4.13. The van der Waals surface area contributed by atoms with Crippen LogP contribution < -0.4 is 0 Å². The molecule has 0 radical (unpaired) electrons. The van der Waals surface area contributed by atoms with Crippen molar-refractivity contribution in [1.29, 1.82) is 0 Å². The fourth-order valence-corrected chi connectivity index (χ4v) is 2.61. The van der Waals surface area contributed by atoms with Crippen LogP contribution in [0.5, 0.6) is 0 Å². The third kappa shape index (κ3) is 2.31. The number of nitrogens with zero attached hydrogens (tertiary/aromatic N) is 2. The monoisotopic (exact) mass is 362 g/mol. The van der Waals surface area contributed by atoms with Crippen LogP contribution in [0.25, 0.3) is 11.3 Å². The van der Waals surface area contributed by atoms with Crippen molar-refractivity contribution >= 4 is 48.9 Å². The standard InChI is InChI=1S/C9H4Br2N2O2S/c10-6-2-1-5(3-8(6)13(14)15)7-4-16-9(11)12-7/h1-4H. The maximum absolute atomic E-state index is 10.8. The van der Waals surface area contributed by atoms with Crippen molar-refractivity contribution in [3.05, 3.63) is 42.1 Å². The molecule has 1 aromatic carbocycles. The van der Waals surface area contributed by atoms with Gasteiger partial charge in [0, 0.05) is 17.0 Å². The lowest BCUT2D eigenvalue weighted by Gasteiger charge is -1.98. The van der Waals surface area contributed by atoms with E-state index in [2.05, 4.69) is 36.8 Å². The van der Waals surface area contributed by atoms with Crippen molar-refractivity contribution in [2.45, 2.75) is 0 Å². The second-order valence-electron chi connectivity index (χ2n) is 2.91. The number of nitro benzene ring substituents is 1. The molecule has 1 aromatic heterocycles. The summed E-state index contributed by atoms with van der Waals surface area (Å²) in [6.07, 6.45) is 0. The van der Waals surface area contributed by atoms with Gasteiger partial charge >= 0.3 is 0 Å². The van der Waals surface area contributed by atoms with Gasteiger partial charge in [-0.25, -0.2) is 4.98 Å². The molecule has 0 N–H and O–H groups in total. The minimum atomic E-state index is -0.422. The molecule has 16 heavy (non-hydrogen) atoms. The molecule has 0 aliphatic rings. The van der Waals surface area contributed by atoms with E-state index >= 15 is 0 Å². The van der Waals surface area contributed by atoms with Gasteiger partial charge < -0.3 is 0 Å². The minimum absolute atomic E-state index is 0.0432. The average molecular weight is 364 g/mol. The van der Waals surface area contributed by atoms with Gasteiger partial charge in [0.15, 0.2) is 3.92 Å². The number of rotatable bonds is 2. The topological polar surface area (TPSA) is 56.0 Å². The lowest BCUT2D eigenvalue weighted by atomic mass is 10.1. The van der Waals surface area contributed by atoms with Crippen molar-refractivity contribution in [3.63, 3.8) is 0 Å². The number of benzene rings is 1. The Hall–Kier alpha value is -0.790. The molecule has 2 aromatic rings. The Bertz CT molecular complexity index is 556. The Morgan fingerprint density at radius 2 is 2.12 bits per heavy atom. The van der Waals surface area contributed by atoms with Crippen LogP contribution in [0, 0.1) is 10.1 Å². The largest absolute Gasteiger partial charge is 0.284 e. The first-order chi connectivity index (χ1) is 7.58. The second-order valence-corrected chi connectivity index (χ2v) is 5.90.